The number of hydrogen-bond donors (Lipinski definition) is 0. The van der Waals surface area contributed by atoms with Gasteiger partial charge >= 0.3 is 52.7 Å². The Kier molecular flexibility index (Phi) is 27.4. The molecule has 13 atom stereocenters. The van der Waals surface area contributed by atoms with E-state index in [-0.39, 0.29) is 107 Å². The van der Waals surface area contributed by atoms with Crippen LogP contribution < -0.4 is 0 Å². The molecule has 0 saturated heterocycles. The quantitative estimate of drug-likeness (QED) is 0.0172. The lowest BCUT2D eigenvalue weighted by molar-refractivity contribution is -0.266. The highest BCUT2D eigenvalue weighted by atomic mass is 32.2. The number of ether oxygens (including phenoxy) is 5. The Morgan fingerprint density at radius 1 is 0.491 bits per heavy atom. The van der Waals surface area contributed by atoms with Crippen LogP contribution in [0.4, 0.5) is 43.9 Å². The van der Waals surface area contributed by atoms with E-state index in [0.29, 0.717) is 44.4 Å². The fourth-order valence-electron chi connectivity index (χ4n) is 19.4. The van der Waals surface area contributed by atoms with Crippen molar-refractivity contribution in [3.8, 4) is 0 Å². The van der Waals surface area contributed by atoms with Crippen molar-refractivity contribution in [3.05, 3.63) is 199 Å². The van der Waals surface area contributed by atoms with Gasteiger partial charge in [0.1, 0.15) is 18.3 Å². The number of carbonyl (C=O) groups excluding carboxylic acids is 5. The molecule has 112 heavy (non-hydrogen) atoms. The number of benzene rings is 6. The number of esters is 5. The lowest BCUT2D eigenvalue weighted by Gasteiger charge is -2.61. The standard InChI is InChI=1S/C32H45F5O11S.C19H16.C18H15S.C14H17F5O5S/c1-15(6-9-26(41)48-29(31(33,34)35)32(36,37)49(42,43)44)21-7-8-22-27(21)25(47-18(4)40)14-23-28(22)24(46-17(3)39)13-19-12-20(45-16(2)38)10-11-30(19,23)5;2*1-4-10-16(11-5-1)19(17-12-6-2-7-13-17)18-14-8-3-9-15-18;15-13(16,17)10(14(18,19)25(21,22)23)24-11(20)12-4-7-1-8(5-12)3-9(2-7)6-12/h15,19-25,27-29H,6-14H2,1-5H3,(H,42,43,44);1-15,19H;1-15H;7-10H,1-6H2,(H,21,22,23)/q;;+1;/p-2. The van der Waals surface area contributed by atoms with Crippen LogP contribution in [0.1, 0.15) is 154 Å². The Hall–Kier alpha value is -7.86. The molecule has 8 aliphatic carbocycles. The number of hydrogen-bond acceptors (Lipinski definition) is 16. The summed E-state index contributed by atoms with van der Waals surface area (Å²) in [4.78, 5) is 65.3. The summed E-state index contributed by atoms with van der Waals surface area (Å²) in [5.74, 6) is -4.95. The van der Waals surface area contributed by atoms with Crippen molar-refractivity contribution >= 4 is 61.0 Å². The van der Waals surface area contributed by atoms with Crippen LogP contribution in [-0.4, -0.2) is 109 Å². The second-order valence-corrected chi connectivity index (χ2v) is 36.0. The molecule has 16 nitrogen and oxygen atoms in total. The highest BCUT2D eigenvalue weighted by molar-refractivity contribution is 7.97. The molecule has 13 unspecified atom stereocenters. The molecular formula is C83H91F10O16S3-. The number of carbonyl (C=O) groups is 5. The Balaban J connectivity index is 0.000000175. The average Bonchev–Trinajstić information content (AvgIpc) is 1.29. The third-order valence-electron chi connectivity index (χ3n) is 23.6. The molecule has 4 bridgehead atoms. The minimum Gasteiger partial charge on any atom is -0.743 e. The van der Waals surface area contributed by atoms with E-state index in [2.05, 4.69) is 198 Å². The molecule has 6 aromatic rings. The van der Waals surface area contributed by atoms with Crippen molar-refractivity contribution in [2.75, 3.05) is 0 Å². The summed E-state index contributed by atoms with van der Waals surface area (Å²) in [6.07, 6.45) is -15.4. The molecule has 0 aromatic heterocycles. The van der Waals surface area contributed by atoms with Crippen LogP contribution in [0.15, 0.2) is 197 Å². The maximum atomic E-state index is 13.9. The molecule has 0 heterocycles. The summed E-state index contributed by atoms with van der Waals surface area (Å²) in [5, 5.41) is -11.7. The maximum Gasteiger partial charge on any atom is 0.432 e. The Bertz CT molecular complexity index is 4060. The molecular weight excluding hydrogens is 1540 g/mol. The van der Waals surface area contributed by atoms with Crippen molar-refractivity contribution in [3.63, 3.8) is 0 Å². The Morgan fingerprint density at radius 2 is 0.866 bits per heavy atom. The van der Waals surface area contributed by atoms with E-state index in [4.69, 9.17) is 14.2 Å². The molecule has 14 rings (SSSR count). The van der Waals surface area contributed by atoms with Gasteiger partial charge in [-0.05, 0) is 196 Å². The zero-order valence-corrected chi connectivity index (χ0v) is 64.7. The minimum atomic E-state index is -6.82. The van der Waals surface area contributed by atoms with E-state index in [1.54, 1.807) is 6.92 Å². The predicted molar refractivity (Wildman–Crippen MR) is 390 cm³/mol. The van der Waals surface area contributed by atoms with E-state index < -0.39 is 109 Å². The normalized spacial score (nSPS) is 27.4. The van der Waals surface area contributed by atoms with Gasteiger partial charge in [-0.2, -0.15) is 43.9 Å². The largest absolute Gasteiger partial charge is 0.743 e. The summed E-state index contributed by atoms with van der Waals surface area (Å²) >= 11 is 0. The number of alkyl halides is 10. The topological polar surface area (TPSA) is 246 Å². The van der Waals surface area contributed by atoms with Gasteiger partial charge in [-0.25, -0.2) is 16.8 Å². The first-order valence-corrected chi connectivity index (χ1v) is 41.4. The molecule has 8 fully saturated rings. The van der Waals surface area contributed by atoms with E-state index >= 15 is 0 Å². The van der Waals surface area contributed by atoms with Crippen LogP contribution in [0.2, 0.25) is 0 Å². The maximum absolute atomic E-state index is 13.9. The molecule has 6 aromatic carbocycles. The molecule has 0 aliphatic heterocycles. The van der Waals surface area contributed by atoms with Gasteiger partial charge in [0.05, 0.1) is 16.3 Å². The van der Waals surface area contributed by atoms with Gasteiger partial charge in [0.2, 0.25) is 0 Å². The number of fused-ring (bicyclic) bond motifs is 5. The van der Waals surface area contributed by atoms with Gasteiger partial charge in [-0.1, -0.05) is 159 Å². The van der Waals surface area contributed by atoms with Gasteiger partial charge in [0.25, 0.3) is 12.2 Å². The average molecular weight is 1630 g/mol. The Morgan fingerprint density at radius 3 is 1.24 bits per heavy atom. The molecule has 8 saturated carbocycles. The number of halogens is 10. The van der Waals surface area contributed by atoms with Crippen molar-refractivity contribution in [2.45, 2.75) is 205 Å². The van der Waals surface area contributed by atoms with Crippen LogP contribution in [-0.2, 0) is 78.8 Å². The van der Waals surface area contributed by atoms with Gasteiger partial charge in [-0.3, -0.25) is 24.0 Å². The summed E-state index contributed by atoms with van der Waals surface area (Å²) in [6.45, 7) is 7.89. The van der Waals surface area contributed by atoms with Crippen molar-refractivity contribution in [1.29, 1.82) is 0 Å². The van der Waals surface area contributed by atoms with E-state index in [0.717, 1.165) is 25.7 Å². The summed E-state index contributed by atoms with van der Waals surface area (Å²) in [5.41, 5.74) is 2.46. The molecule has 0 N–H and O–H groups in total. The highest BCUT2D eigenvalue weighted by Gasteiger charge is 2.67. The van der Waals surface area contributed by atoms with Gasteiger partial charge in [0, 0.05) is 44.9 Å². The molecule has 8 aliphatic rings. The van der Waals surface area contributed by atoms with E-state index in [9.17, 15) is 93.8 Å². The zero-order chi connectivity index (χ0) is 81.5. The first kappa shape index (κ1) is 86.5. The summed E-state index contributed by atoms with van der Waals surface area (Å²) in [6, 6.07) is 64.2. The monoisotopic (exact) mass is 1630 g/mol. The van der Waals surface area contributed by atoms with Crippen LogP contribution in [0.5, 0.6) is 0 Å². The van der Waals surface area contributed by atoms with Crippen LogP contribution >= 0.6 is 0 Å². The third-order valence-corrected chi connectivity index (χ3v) is 27.6. The molecule has 0 radical (unpaired) electrons. The molecule has 29 heteroatoms. The number of rotatable bonds is 20. The van der Waals surface area contributed by atoms with Crippen LogP contribution in [0.25, 0.3) is 0 Å². The Labute approximate surface area is 648 Å². The second-order valence-electron chi connectivity index (χ2n) is 31.0. The fraction of sp³-hybridized carbons (Fsp3) is 0.506. The summed E-state index contributed by atoms with van der Waals surface area (Å²) in [7, 11) is -13.5. The lowest BCUT2D eigenvalue weighted by Crippen LogP contribution is -2.60. The van der Waals surface area contributed by atoms with Crippen LogP contribution in [0, 0.1) is 70.0 Å². The first-order chi connectivity index (χ1) is 52.6. The fourth-order valence-corrected chi connectivity index (χ4v) is 22.4. The van der Waals surface area contributed by atoms with Crippen molar-refractivity contribution in [1.82, 2.24) is 0 Å². The predicted octanol–water partition coefficient (Wildman–Crippen LogP) is 17.8. The smallest absolute Gasteiger partial charge is 0.432 e. The van der Waals surface area contributed by atoms with Crippen molar-refractivity contribution in [2.24, 2.45) is 70.0 Å². The minimum absolute atomic E-state index is 0.0146. The second kappa shape index (κ2) is 35.5. The van der Waals surface area contributed by atoms with Crippen LogP contribution in [0.3, 0.4) is 0 Å². The van der Waals surface area contributed by atoms with Gasteiger partial charge < -0.3 is 32.8 Å². The molecule has 0 amide bonds. The van der Waals surface area contributed by atoms with Crippen molar-refractivity contribution < 1.29 is 118 Å². The van der Waals surface area contributed by atoms with Gasteiger partial charge in [-0.15, -0.1) is 0 Å². The lowest BCUT2D eigenvalue weighted by atomic mass is 9.45. The zero-order valence-electron chi connectivity index (χ0n) is 62.2. The summed E-state index contributed by atoms with van der Waals surface area (Å²) < 4.78 is 223. The van der Waals surface area contributed by atoms with E-state index in [1.165, 1.54) is 52.1 Å². The SMILES string of the molecule is CC(=O)OC1CCC2(C)C(C1)CC(OC(C)=O)C1C3CCC(C(C)CCC(=O)OC(C(F)(F)F)C(F)(F)S(=O)(=O)[O-])C3C(OC(C)=O)CC12.O=C(OC(C(F)(F)F)C(F)(F)S(=O)(=O)[O-])C12CC3CC(CC(C3)C1)C2.c1ccc(C(c2ccccc2)c2ccccc2)cc1.c1ccc([S+](c2ccccc2)c2ccccc2)cc1. The van der Waals surface area contributed by atoms with Gasteiger partial charge in [0.15, 0.2) is 34.9 Å². The molecule has 0 spiro atoms. The highest BCUT2D eigenvalue weighted by Crippen LogP contribution is 2.66. The van der Waals surface area contributed by atoms with E-state index in [1.807, 2.05) is 0 Å². The molecule has 608 valence electrons. The first-order valence-electron chi connectivity index (χ1n) is 37.4. The third kappa shape index (κ3) is 20.3.